The second kappa shape index (κ2) is 5.30. The van der Waals surface area contributed by atoms with Gasteiger partial charge in [0, 0.05) is 12.1 Å². The minimum atomic E-state index is -0.402. The van der Waals surface area contributed by atoms with E-state index < -0.39 is 4.92 Å². The predicted molar refractivity (Wildman–Crippen MR) is 73.8 cm³/mol. The van der Waals surface area contributed by atoms with Crippen molar-refractivity contribution < 1.29 is 14.4 Å². The SMILES string of the molecule is O=[N+]([O-])c1ccc(-c2ccc(OCC3CO3)cc2)cc1. The molecule has 1 fully saturated rings. The Kier molecular flexibility index (Phi) is 3.35. The van der Waals surface area contributed by atoms with Gasteiger partial charge in [-0.1, -0.05) is 12.1 Å². The summed E-state index contributed by atoms with van der Waals surface area (Å²) in [4.78, 5) is 10.2. The number of hydrogen-bond donors (Lipinski definition) is 0. The standard InChI is InChI=1S/C15H13NO4/c17-16(18)13-5-1-11(2-6-13)12-3-7-14(8-4-12)19-9-15-10-20-15/h1-8,15H,9-10H2. The first-order chi connectivity index (χ1) is 9.72. The summed E-state index contributed by atoms with van der Waals surface area (Å²) in [5, 5.41) is 10.6. The second-order valence-electron chi connectivity index (χ2n) is 4.59. The monoisotopic (exact) mass is 271 g/mol. The summed E-state index contributed by atoms with van der Waals surface area (Å²) < 4.78 is 10.6. The van der Waals surface area contributed by atoms with E-state index in [9.17, 15) is 10.1 Å². The number of hydrogen-bond acceptors (Lipinski definition) is 4. The number of ether oxygens (including phenoxy) is 2. The van der Waals surface area contributed by atoms with Gasteiger partial charge in [0.25, 0.3) is 5.69 Å². The van der Waals surface area contributed by atoms with Gasteiger partial charge < -0.3 is 9.47 Å². The van der Waals surface area contributed by atoms with Crippen LogP contribution in [0.2, 0.25) is 0 Å². The van der Waals surface area contributed by atoms with Crippen molar-refractivity contribution in [2.75, 3.05) is 13.2 Å². The number of benzene rings is 2. The molecule has 1 saturated heterocycles. The Morgan fingerprint density at radius 3 is 2.15 bits per heavy atom. The third-order valence-corrected chi connectivity index (χ3v) is 3.10. The highest BCUT2D eigenvalue weighted by molar-refractivity contribution is 5.65. The average Bonchev–Trinajstić information content (AvgIpc) is 3.30. The van der Waals surface area contributed by atoms with Crippen LogP contribution >= 0.6 is 0 Å². The first kappa shape index (κ1) is 12.6. The van der Waals surface area contributed by atoms with Crippen molar-refractivity contribution in [1.29, 1.82) is 0 Å². The van der Waals surface area contributed by atoms with Crippen LogP contribution in [-0.2, 0) is 4.74 Å². The van der Waals surface area contributed by atoms with E-state index in [4.69, 9.17) is 9.47 Å². The molecule has 0 aliphatic carbocycles. The van der Waals surface area contributed by atoms with Gasteiger partial charge in [0.1, 0.15) is 18.5 Å². The molecule has 1 unspecified atom stereocenters. The Hall–Kier alpha value is -2.40. The summed E-state index contributed by atoms with van der Waals surface area (Å²) in [5.74, 6) is 0.797. The Morgan fingerprint density at radius 2 is 1.65 bits per heavy atom. The highest BCUT2D eigenvalue weighted by Gasteiger charge is 2.22. The van der Waals surface area contributed by atoms with E-state index >= 15 is 0 Å². The molecule has 20 heavy (non-hydrogen) atoms. The van der Waals surface area contributed by atoms with Crippen molar-refractivity contribution >= 4 is 5.69 Å². The number of rotatable bonds is 5. The maximum absolute atomic E-state index is 10.6. The van der Waals surface area contributed by atoms with Crippen molar-refractivity contribution in [2.24, 2.45) is 0 Å². The first-order valence-electron chi connectivity index (χ1n) is 6.32. The molecule has 0 amide bonds. The molecule has 3 rings (SSSR count). The number of nitro groups is 1. The Morgan fingerprint density at radius 1 is 1.10 bits per heavy atom. The normalized spacial score (nSPS) is 16.7. The van der Waals surface area contributed by atoms with Crippen LogP contribution in [0.5, 0.6) is 5.75 Å². The molecule has 1 aliphatic rings. The zero-order valence-electron chi connectivity index (χ0n) is 10.7. The molecule has 0 saturated carbocycles. The topological polar surface area (TPSA) is 64.9 Å². The second-order valence-corrected chi connectivity index (χ2v) is 4.59. The fourth-order valence-corrected chi connectivity index (χ4v) is 1.87. The van der Waals surface area contributed by atoms with Gasteiger partial charge in [-0.15, -0.1) is 0 Å². The van der Waals surface area contributed by atoms with E-state index in [-0.39, 0.29) is 11.8 Å². The smallest absolute Gasteiger partial charge is 0.269 e. The molecule has 0 spiro atoms. The molecular weight excluding hydrogens is 258 g/mol. The van der Waals surface area contributed by atoms with Crippen LogP contribution in [-0.4, -0.2) is 24.2 Å². The largest absolute Gasteiger partial charge is 0.491 e. The van der Waals surface area contributed by atoms with Gasteiger partial charge in [-0.05, 0) is 35.4 Å². The minimum absolute atomic E-state index is 0.0955. The van der Waals surface area contributed by atoms with Crippen molar-refractivity contribution in [3.05, 3.63) is 58.6 Å². The Bertz CT molecular complexity index is 603. The average molecular weight is 271 g/mol. The zero-order chi connectivity index (χ0) is 13.9. The summed E-state index contributed by atoms with van der Waals surface area (Å²) in [6.07, 6.45) is 0.240. The maximum atomic E-state index is 10.6. The van der Waals surface area contributed by atoms with Gasteiger partial charge >= 0.3 is 0 Å². The van der Waals surface area contributed by atoms with Crippen LogP contribution in [0, 0.1) is 10.1 Å². The molecule has 1 atom stereocenters. The molecule has 0 aromatic heterocycles. The lowest BCUT2D eigenvalue weighted by Gasteiger charge is -2.06. The van der Waals surface area contributed by atoms with Crippen molar-refractivity contribution in [1.82, 2.24) is 0 Å². The molecule has 2 aromatic rings. The summed E-state index contributed by atoms with van der Waals surface area (Å²) >= 11 is 0. The Balaban J connectivity index is 1.70. The molecule has 102 valence electrons. The van der Waals surface area contributed by atoms with Crippen LogP contribution in [0.4, 0.5) is 5.69 Å². The predicted octanol–water partition coefficient (Wildman–Crippen LogP) is 3.04. The third-order valence-electron chi connectivity index (χ3n) is 3.10. The van der Waals surface area contributed by atoms with Crippen molar-refractivity contribution in [3.63, 3.8) is 0 Å². The maximum Gasteiger partial charge on any atom is 0.269 e. The van der Waals surface area contributed by atoms with Gasteiger partial charge in [0.05, 0.1) is 11.5 Å². The minimum Gasteiger partial charge on any atom is -0.491 e. The van der Waals surface area contributed by atoms with Gasteiger partial charge in [-0.3, -0.25) is 10.1 Å². The molecule has 5 heteroatoms. The van der Waals surface area contributed by atoms with Crippen LogP contribution in [0.1, 0.15) is 0 Å². The lowest BCUT2D eigenvalue weighted by Crippen LogP contribution is -2.03. The molecule has 1 aliphatic heterocycles. The van der Waals surface area contributed by atoms with Crippen LogP contribution < -0.4 is 4.74 Å². The lowest BCUT2D eigenvalue weighted by molar-refractivity contribution is -0.384. The van der Waals surface area contributed by atoms with E-state index in [1.807, 2.05) is 24.3 Å². The molecular formula is C15H13NO4. The number of epoxide rings is 1. The van der Waals surface area contributed by atoms with Crippen LogP contribution in [0.15, 0.2) is 48.5 Å². The van der Waals surface area contributed by atoms with Crippen LogP contribution in [0.3, 0.4) is 0 Å². The van der Waals surface area contributed by atoms with E-state index in [0.29, 0.717) is 6.61 Å². The molecule has 0 radical (unpaired) electrons. The first-order valence-corrected chi connectivity index (χ1v) is 6.32. The molecule has 0 N–H and O–H groups in total. The van der Waals surface area contributed by atoms with Gasteiger partial charge in [-0.2, -0.15) is 0 Å². The van der Waals surface area contributed by atoms with E-state index in [2.05, 4.69) is 0 Å². The van der Waals surface area contributed by atoms with Gasteiger partial charge in [0.15, 0.2) is 0 Å². The number of nitro benzene ring substituents is 1. The molecule has 1 heterocycles. The van der Waals surface area contributed by atoms with E-state index in [1.54, 1.807) is 12.1 Å². The van der Waals surface area contributed by atoms with Gasteiger partial charge in [-0.25, -0.2) is 0 Å². The summed E-state index contributed by atoms with van der Waals surface area (Å²) in [5.41, 5.74) is 2.03. The lowest BCUT2D eigenvalue weighted by atomic mass is 10.1. The molecule has 2 aromatic carbocycles. The van der Waals surface area contributed by atoms with Crippen LogP contribution in [0.25, 0.3) is 11.1 Å². The Labute approximate surface area is 115 Å². The highest BCUT2D eigenvalue weighted by atomic mass is 16.6. The van der Waals surface area contributed by atoms with E-state index in [1.165, 1.54) is 12.1 Å². The zero-order valence-corrected chi connectivity index (χ0v) is 10.7. The van der Waals surface area contributed by atoms with Crippen molar-refractivity contribution in [3.8, 4) is 16.9 Å². The molecule has 0 bridgehead atoms. The number of nitrogens with zero attached hydrogens (tertiary/aromatic N) is 1. The third kappa shape index (κ3) is 2.95. The fourth-order valence-electron chi connectivity index (χ4n) is 1.87. The fraction of sp³-hybridized carbons (Fsp3) is 0.200. The van der Waals surface area contributed by atoms with E-state index in [0.717, 1.165) is 23.5 Å². The quantitative estimate of drug-likeness (QED) is 0.476. The summed E-state index contributed by atoms with van der Waals surface area (Å²) in [6.45, 7) is 1.36. The summed E-state index contributed by atoms with van der Waals surface area (Å²) in [6, 6.07) is 14.1. The summed E-state index contributed by atoms with van der Waals surface area (Å²) in [7, 11) is 0. The highest BCUT2D eigenvalue weighted by Crippen LogP contribution is 2.25. The van der Waals surface area contributed by atoms with Gasteiger partial charge in [0.2, 0.25) is 0 Å². The number of non-ortho nitro benzene ring substituents is 1. The van der Waals surface area contributed by atoms with Crippen molar-refractivity contribution in [2.45, 2.75) is 6.10 Å². The molecule has 5 nitrogen and oxygen atoms in total.